The molecule has 0 aromatic carbocycles. The van der Waals surface area contributed by atoms with Crippen LogP contribution in [0.15, 0.2) is 12.2 Å². The minimum absolute atomic E-state index is 0.00523. The average molecular weight is 426 g/mol. The lowest BCUT2D eigenvalue weighted by molar-refractivity contribution is -0.246. The van der Waals surface area contributed by atoms with Gasteiger partial charge in [0.1, 0.15) is 5.60 Å². The molecule has 7 nitrogen and oxygen atoms in total. The van der Waals surface area contributed by atoms with Crippen LogP contribution in [-0.2, 0) is 9.53 Å². The highest BCUT2D eigenvalue weighted by Crippen LogP contribution is 2.36. The summed E-state index contributed by atoms with van der Waals surface area (Å²) in [6, 6.07) is -0.186. The molecule has 7 heteroatoms. The molecular formula is C23H43N3O4. The summed E-state index contributed by atoms with van der Waals surface area (Å²) in [7, 11) is 0. The summed E-state index contributed by atoms with van der Waals surface area (Å²) in [5.74, 6) is 0.325. The largest absolute Gasteiger partial charge is 0.444 e. The molecule has 1 saturated heterocycles. The second-order valence-electron chi connectivity index (χ2n) is 11.1. The number of nitrogens with zero attached hydrogens (tertiary/aromatic N) is 1. The number of carbonyl (C=O) groups excluding carboxylic acids is 2. The zero-order valence-corrected chi connectivity index (χ0v) is 20.3. The number of nitrogens with one attached hydrogen (secondary N) is 2. The van der Waals surface area contributed by atoms with Gasteiger partial charge >= 0.3 is 6.09 Å². The number of hydroxylamine groups is 2. The fraction of sp³-hybridized carbons (Fsp3) is 0.826. The molecule has 0 aliphatic carbocycles. The molecule has 0 unspecified atom stereocenters. The van der Waals surface area contributed by atoms with E-state index in [1.807, 2.05) is 54.5 Å². The minimum Gasteiger partial charge on any atom is -0.444 e. The summed E-state index contributed by atoms with van der Waals surface area (Å²) in [6.07, 6.45) is 5.57. The van der Waals surface area contributed by atoms with Crippen LogP contribution in [0.4, 0.5) is 4.79 Å². The topological polar surface area (TPSA) is 90.9 Å². The van der Waals surface area contributed by atoms with Crippen molar-refractivity contribution in [2.24, 2.45) is 5.92 Å². The number of alkyl carbamates (subject to hydrolysis) is 1. The van der Waals surface area contributed by atoms with Crippen molar-refractivity contribution in [1.29, 1.82) is 0 Å². The van der Waals surface area contributed by atoms with Crippen molar-refractivity contribution in [2.45, 2.75) is 117 Å². The maximum Gasteiger partial charge on any atom is 0.408 e. The molecule has 0 saturated carbocycles. The number of piperidine rings is 1. The predicted molar refractivity (Wildman–Crippen MR) is 119 cm³/mol. The van der Waals surface area contributed by atoms with E-state index < -0.39 is 22.8 Å². The smallest absolute Gasteiger partial charge is 0.408 e. The van der Waals surface area contributed by atoms with Gasteiger partial charge in [-0.1, -0.05) is 26.0 Å². The van der Waals surface area contributed by atoms with Gasteiger partial charge in [-0.15, -0.1) is 0 Å². The average Bonchev–Trinajstić information content (AvgIpc) is 2.49. The zero-order chi connectivity index (χ0) is 23.3. The molecule has 1 aliphatic rings. The molecule has 1 atom stereocenters. The third kappa shape index (κ3) is 9.04. The lowest BCUT2D eigenvalue weighted by atomic mass is 9.79. The second kappa shape index (κ2) is 10.1. The van der Waals surface area contributed by atoms with Crippen molar-refractivity contribution >= 4 is 12.0 Å². The van der Waals surface area contributed by atoms with E-state index in [4.69, 9.17) is 4.74 Å². The lowest BCUT2D eigenvalue weighted by Crippen LogP contribution is -2.62. The van der Waals surface area contributed by atoms with Gasteiger partial charge in [-0.3, -0.25) is 4.79 Å². The van der Waals surface area contributed by atoms with E-state index in [9.17, 15) is 14.8 Å². The van der Waals surface area contributed by atoms with Crippen LogP contribution in [0.25, 0.3) is 0 Å². The molecule has 0 spiro atoms. The van der Waals surface area contributed by atoms with E-state index in [0.717, 1.165) is 6.42 Å². The van der Waals surface area contributed by atoms with Gasteiger partial charge in [0.15, 0.2) is 0 Å². The molecule has 1 aliphatic heterocycles. The Hall–Kier alpha value is -1.60. The Bertz CT molecular complexity index is 602. The van der Waals surface area contributed by atoms with Gasteiger partial charge in [-0.2, -0.15) is 5.06 Å². The Labute approximate surface area is 182 Å². The van der Waals surface area contributed by atoms with Crippen molar-refractivity contribution in [2.75, 3.05) is 0 Å². The van der Waals surface area contributed by atoms with Gasteiger partial charge in [-0.05, 0) is 73.6 Å². The van der Waals surface area contributed by atoms with Crippen LogP contribution in [-0.4, -0.2) is 51.0 Å². The van der Waals surface area contributed by atoms with Crippen molar-refractivity contribution in [3.05, 3.63) is 12.2 Å². The van der Waals surface area contributed by atoms with Crippen molar-refractivity contribution in [1.82, 2.24) is 15.7 Å². The highest BCUT2D eigenvalue weighted by molar-refractivity contribution is 5.77. The first kappa shape index (κ1) is 26.4. The summed E-state index contributed by atoms with van der Waals surface area (Å²) in [6.45, 7) is 17.6. The minimum atomic E-state index is -0.554. The summed E-state index contributed by atoms with van der Waals surface area (Å²) in [5.41, 5.74) is -1.37. The van der Waals surface area contributed by atoms with E-state index in [1.54, 1.807) is 6.08 Å². The number of carbonyl (C=O) groups is 2. The highest BCUT2D eigenvalue weighted by Gasteiger charge is 2.45. The molecule has 3 N–H and O–H groups in total. The van der Waals surface area contributed by atoms with E-state index in [0.29, 0.717) is 18.8 Å². The molecule has 2 amide bonds. The summed E-state index contributed by atoms with van der Waals surface area (Å²) in [4.78, 5) is 24.6. The van der Waals surface area contributed by atoms with Gasteiger partial charge in [0.05, 0.1) is 6.04 Å². The standard InChI is InChI=1S/C23H43N3O4/c1-16(2)13-17(25-20(28)30-21(3,4)5)11-10-12-19(27)24-18-14-22(6,7)26(29)23(8,9)15-18/h10-11,16-18,29H,12-15H2,1-9H3,(H,24,27)(H,25,28)/b11-10+/t17-/m1/s1. The third-order valence-electron chi connectivity index (χ3n) is 5.10. The summed E-state index contributed by atoms with van der Waals surface area (Å²) >= 11 is 0. The van der Waals surface area contributed by atoms with Crippen molar-refractivity contribution in [3.8, 4) is 0 Å². The first-order chi connectivity index (χ1) is 13.5. The molecular weight excluding hydrogens is 382 g/mol. The fourth-order valence-corrected chi connectivity index (χ4v) is 4.15. The SMILES string of the molecule is CC(C)C[C@@H](/C=C/CC(=O)NC1CC(C)(C)N(O)C(C)(C)C1)NC(=O)OC(C)(C)C. The Morgan fingerprint density at radius 1 is 1.17 bits per heavy atom. The van der Waals surface area contributed by atoms with E-state index >= 15 is 0 Å². The molecule has 0 bridgehead atoms. The molecule has 0 radical (unpaired) electrons. The van der Waals surface area contributed by atoms with Crippen LogP contribution in [0.3, 0.4) is 0 Å². The van der Waals surface area contributed by atoms with Crippen LogP contribution < -0.4 is 10.6 Å². The molecule has 30 heavy (non-hydrogen) atoms. The molecule has 1 rings (SSSR count). The predicted octanol–water partition coefficient (Wildman–Crippen LogP) is 4.40. The van der Waals surface area contributed by atoms with Crippen LogP contribution in [0, 0.1) is 5.92 Å². The van der Waals surface area contributed by atoms with Crippen LogP contribution in [0.1, 0.15) is 88.0 Å². The van der Waals surface area contributed by atoms with E-state index in [1.165, 1.54) is 5.06 Å². The second-order valence-corrected chi connectivity index (χ2v) is 11.1. The molecule has 0 aromatic heterocycles. The van der Waals surface area contributed by atoms with Gasteiger partial charge in [0.25, 0.3) is 0 Å². The first-order valence-corrected chi connectivity index (χ1v) is 11.0. The first-order valence-electron chi connectivity index (χ1n) is 11.0. The van der Waals surface area contributed by atoms with Crippen LogP contribution in [0.2, 0.25) is 0 Å². The van der Waals surface area contributed by atoms with Gasteiger partial charge in [-0.25, -0.2) is 4.79 Å². The number of amides is 2. The van der Waals surface area contributed by atoms with Gasteiger partial charge in [0.2, 0.25) is 5.91 Å². The maximum absolute atomic E-state index is 12.5. The number of hydrogen-bond donors (Lipinski definition) is 3. The number of hydrogen-bond acceptors (Lipinski definition) is 5. The Morgan fingerprint density at radius 2 is 1.70 bits per heavy atom. The Balaban J connectivity index is 2.63. The summed E-state index contributed by atoms with van der Waals surface area (Å²) in [5, 5.41) is 17.8. The van der Waals surface area contributed by atoms with Crippen molar-refractivity contribution in [3.63, 3.8) is 0 Å². The lowest BCUT2D eigenvalue weighted by Gasteiger charge is -2.51. The van der Waals surface area contributed by atoms with Gasteiger partial charge < -0.3 is 20.6 Å². The maximum atomic E-state index is 12.5. The van der Waals surface area contributed by atoms with Crippen LogP contribution in [0.5, 0.6) is 0 Å². The monoisotopic (exact) mass is 425 g/mol. The molecule has 0 aromatic rings. The number of rotatable bonds is 7. The number of ether oxygens (including phenoxy) is 1. The van der Waals surface area contributed by atoms with E-state index in [-0.39, 0.29) is 24.4 Å². The Kier molecular flexibility index (Phi) is 8.93. The Morgan fingerprint density at radius 3 is 2.17 bits per heavy atom. The van der Waals surface area contributed by atoms with Crippen LogP contribution >= 0.6 is 0 Å². The fourth-order valence-electron chi connectivity index (χ4n) is 4.15. The molecule has 1 heterocycles. The molecule has 1 fully saturated rings. The normalized spacial score (nSPS) is 20.9. The quantitative estimate of drug-likeness (QED) is 0.526. The third-order valence-corrected chi connectivity index (χ3v) is 5.10. The van der Waals surface area contributed by atoms with Gasteiger partial charge in [0, 0.05) is 23.5 Å². The zero-order valence-electron chi connectivity index (χ0n) is 20.3. The van der Waals surface area contributed by atoms with E-state index in [2.05, 4.69) is 24.5 Å². The summed E-state index contributed by atoms with van der Waals surface area (Å²) < 4.78 is 5.34. The molecule has 174 valence electrons. The van der Waals surface area contributed by atoms with Crippen molar-refractivity contribution < 1.29 is 19.5 Å². The highest BCUT2D eigenvalue weighted by atomic mass is 16.6.